The van der Waals surface area contributed by atoms with Crippen LogP contribution < -0.4 is 5.32 Å². The fourth-order valence-electron chi connectivity index (χ4n) is 3.06. The molecule has 1 aliphatic heterocycles. The molecule has 0 bridgehead atoms. The lowest BCUT2D eigenvalue weighted by molar-refractivity contribution is -0.00439. The number of unbranched alkanes of at least 4 members (excludes halogenated alkanes) is 1. The van der Waals surface area contributed by atoms with Crippen molar-refractivity contribution in [2.45, 2.75) is 57.3 Å². The van der Waals surface area contributed by atoms with Gasteiger partial charge in [-0.15, -0.1) is 0 Å². The third kappa shape index (κ3) is 3.90. The number of nitrogens with one attached hydrogen (secondary N) is 1. The molecule has 1 aliphatic carbocycles. The summed E-state index contributed by atoms with van der Waals surface area (Å²) in [7, 11) is 0. The van der Waals surface area contributed by atoms with Crippen molar-refractivity contribution in [1.29, 1.82) is 0 Å². The van der Waals surface area contributed by atoms with Gasteiger partial charge in [-0.1, -0.05) is 13.3 Å². The molecule has 3 atom stereocenters. The first-order chi connectivity index (χ1) is 8.81. The molecule has 0 aromatic rings. The third-order valence-corrected chi connectivity index (χ3v) is 4.24. The second-order valence-corrected chi connectivity index (χ2v) is 5.55. The Morgan fingerprint density at radius 2 is 2.06 bits per heavy atom. The normalized spacial score (nSPS) is 34.7. The molecular formula is C14H27FN2O. The standard InChI is InChI=1S/C14H27FN2O/c1-2-3-6-16-14-5-4-12(11-13(14)15)17-7-9-18-10-8-17/h12-14,16H,2-11H2,1H3. The van der Waals surface area contributed by atoms with Crippen molar-refractivity contribution in [2.75, 3.05) is 32.8 Å². The smallest absolute Gasteiger partial charge is 0.117 e. The molecule has 0 aromatic carbocycles. The maximum Gasteiger partial charge on any atom is 0.117 e. The van der Waals surface area contributed by atoms with Gasteiger partial charge in [-0.25, -0.2) is 4.39 Å². The van der Waals surface area contributed by atoms with Crippen LogP contribution in [-0.2, 0) is 4.74 Å². The number of ether oxygens (including phenoxy) is 1. The van der Waals surface area contributed by atoms with Crippen molar-refractivity contribution in [1.82, 2.24) is 10.2 Å². The van der Waals surface area contributed by atoms with Crippen molar-refractivity contribution in [2.24, 2.45) is 0 Å². The molecule has 2 rings (SSSR count). The number of nitrogens with zero attached hydrogens (tertiary/aromatic N) is 1. The van der Waals surface area contributed by atoms with Gasteiger partial charge >= 0.3 is 0 Å². The lowest BCUT2D eigenvalue weighted by Gasteiger charge is -2.40. The summed E-state index contributed by atoms with van der Waals surface area (Å²) in [5.74, 6) is 0. The van der Waals surface area contributed by atoms with E-state index in [1.54, 1.807) is 0 Å². The van der Waals surface area contributed by atoms with Crippen LogP contribution in [0, 0.1) is 0 Å². The van der Waals surface area contributed by atoms with Crippen LogP contribution in [0.3, 0.4) is 0 Å². The average molecular weight is 258 g/mol. The topological polar surface area (TPSA) is 24.5 Å². The van der Waals surface area contributed by atoms with E-state index >= 15 is 0 Å². The van der Waals surface area contributed by atoms with Crippen molar-refractivity contribution < 1.29 is 9.13 Å². The molecule has 3 unspecified atom stereocenters. The molecule has 0 aromatic heterocycles. The van der Waals surface area contributed by atoms with E-state index in [1.807, 2.05) is 0 Å². The first kappa shape index (κ1) is 14.2. The maximum atomic E-state index is 14.2. The summed E-state index contributed by atoms with van der Waals surface area (Å²) in [6.07, 6.45) is 4.45. The van der Waals surface area contributed by atoms with Gasteiger partial charge < -0.3 is 10.1 Å². The summed E-state index contributed by atoms with van der Waals surface area (Å²) in [6, 6.07) is 0.530. The highest BCUT2D eigenvalue weighted by Crippen LogP contribution is 2.26. The number of hydrogen-bond acceptors (Lipinski definition) is 3. The van der Waals surface area contributed by atoms with Crippen molar-refractivity contribution in [3.05, 3.63) is 0 Å². The van der Waals surface area contributed by atoms with Gasteiger partial charge in [0.2, 0.25) is 0 Å². The molecule has 0 amide bonds. The van der Waals surface area contributed by atoms with Gasteiger partial charge in [0, 0.05) is 25.2 Å². The Hall–Kier alpha value is -0.190. The molecule has 18 heavy (non-hydrogen) atoms. The number of alkyl halides is 1. The molecule has 1 heterocycles. The van der Waals surface area contributed by atoms with E-state index in [2.05, 4.69) is 17.1 Å². The van der Waals surface area contributed by atoms with Gasteiger partial charge in [-0.2, -0.15) is 0 Å². The summed E-state index contributed by atoms with van der Waals surface area (Å²) in [5, 5.41) is 3.38. The molecule has 2 aliphatic rings. The Morgan fingerprint density at radius 1 is 1.28 bits per heavy atom. The molecule has 1 saturated heterocycles. The summed E-state index contributed by atoms with van der Waals surface area (Å²) < 4.78 is 19.5. The van der Waals surface area contributed by atoms with Gasteiger partial charge in [0.25, 0.3) is 0 Å². The minimum atomic E-state index is -0.677. The minimum Gasteiger partial charge on any atom is -0.379 e. The highest BCUT2D eigenvalue weighted by atomic mass is 19.1. The van der Waals surface area contributed by atoms with Crippen LogP contribution in [0.2, 0.25) is 0 Å². The zero-order chi connectivity index (χ0) is 12.8. The van der Waals surface area contributed by atoms with Crippen LogP contribution in [0.25, 0.3) is 0 Å². The fraction of sp³-hybridized carbons (Fsp3) is 1.00. The molecule has 3 nitrogen and oxygen atoms in total. The Bertz CT molecular complexity index is 234. The second kappa shape index (κ2) is 7.41. The Kier molecular flexibility index (Phi) is 5.86. The average Bonchev–Trinajstić information content (AvgIpc) is 2.42. The van der Waals surface area contributed by atoms with E-state index in [-0.39, 0.29) is 6.04 Å². The molecule has 4 heteroatoms. The van der Waals surface area contributed by atoms with Gasteiger partial charge in [0.05, 0.1) is 13.2 Å². The zero-order valence-electron chi connectivity index (χ0n) is 11.5. The highest BCUT2D eigenvalue weighted by molar-refractivity contribution is 4.89. The predicted octanol–water partition coefficient (Wildman–Crippen LogP) is 1.97. The van der Waals surface area contributed by atoms with E-state index in [9.17, 15) is 4.39 Å². The molecule has 1 N–H and O–H groups in total. The van der Waals surface area contributed by atoms with Crippen molar-refractivity contribution in [3.8, 4) is 0 Å². The summed E-state index contributed by atoms with van der Waals surface area (Å²) in [4.78, 5) is 2.42. The van der Waals surface area contributed by atoms with Crippen LogP contribution in [0.15, 0.2) is 0 Å². The lowest BCUT2D eigenvalue weighted by atomic mass is 9.88. The minimum absolute atomic E-state index is 0.0915. The Balaban J connectivity index is 1.73. The monoisotopic (exact) mass is 258 g/mol. The third-order valence-electron chi connectivity index (χ3n) is 4.24. The molecule has 1 saturated carbocycles. The summed E-state index contributed by atoms with van der Waals surface area (Å²) >= 11 is 0. The molecule has 106 valence electrons. The van der Waals surface area contributed by atoms with Crippen LogP contribution in [0.5, 0.6) is 0 Å². The number of hydrogen-bond donors (Lipinski definition) is 1. The number of halogens is 1. The predicted molar refractivity (Wildman–Crippen MR) is 71.6 cm³/mol. The summed E-state index contributed by atoms with van der Waals surface area (Å²) in [5.41, 5.74) is 0. The fourth-order valence-corrected chi connectivity index (χ4v) is 3.06. The van der Waals surface area contributed by atoms with Gasteiger partial charge in [0.1, 0.15) is 6.17 Å². The number of morpholine rings is 1. The zero-order valence-corrected chi connectivity index (χ0v) is 11.5. The first-order valence-electron chi connectivity index (χ1n) is 7.50. The van der Waals surface area contributed by atoms with Gasteiger partial charge in [-0.3, -0.25) is 4.90 Å². The SMILES string of the molecule is CCCCNC1CCC(N2CCOCC2)CC1F. The van der Waals surface area contributed by atoms with E-state index in [1.165, 1.54) is 6.42 Å². The first-order valence-corrected chi connectivity index (χ1v) is 7.50. The van der Waals surface area contributed by atoms with E-state index in [4.69, 9.17) is 4.74 Å². The quantitative estimate of drug-likeness (QED) is 0.763. The lowest BCUT2D eigenvalue weighted by Crippen LogP contribution is -2.51. The van der Waals surface area contributed by atoms with E-state index in [0.29, 0.717) is 12.5 Å². The van der Waals surface area contributed by atoms with Crippen LogP contribution in [0.4, 0.5) is 4.39 Å². The summed E-state index contributed by atoms with van der Waals surface area (Å²) in [6.45, 7) is 6.71. The van der Waals surface area contributed by atoms with Gasteiger partial charge in [-0.05, 0) is 32.2 Å². The molecule has 2 fully saturated rings. The van der Waals surface area contributed by atoms with Crippen LogP contribution in [-0.4, -0.2) is 56.0 Å². The van der Waals surface area contributed by atoms with Crippen LogP contribution >= 0.6 is 0 Å². The maximum absolute atomic E-state index is 14.2. The molecule has 0 radical (unpaired) electrons. The Morgan fingerprint density at radius 3 is 2.72 bits per heavy atom. The molecular weight excluding hydrogens is 231 g/mol. The van der Waals surface area contributed by atoms with Crippen LogP contribution in [0.1, 0.15) is 39.0 Å². The van der Waals surface area contributed by atoms with Crippen molar-refractivity contribution >= 4 is 0 Å². The second-order valence-electron chi connectivity index (χ2n) is 5.55. The number of rotatable bonds is 5. The molecule has 0 spiro atoms. The Labute approximate surface area is 110 Å². The van der Waals surface area contributed by atoms with E-state index < -0.39 is 6.17 Å². The van der Waals surface area contributed by atoms with E-state index in [0.717, 1.165) is 52.1 Å². The van der Waals surface area contributed by atoms with Crippen molar-refractivity contribution in [3.63, 3.8) is 0 Å². The van der Waals surface area contributed by atoms with Gasteiger partial charge in [0.15, 0.2) is 0 Å². The highest BCUT2D eigenvalue weighted by Gasteiger charge is 2.33. The largest absolute Gasteiger partial charge is 0.379 e.